The fraction of sp³-hybridized carbons (Fsp3) is 0.609. The molecule has 1 aromatic carbocycles. The first kappa shape index (κ1) is 22.5. The van der Waals surface area contributed by atoms with Crippen molar-refractivity contribution >= 4 is 17.7 Å². The molecule has 2 aliphatic heterocycles. The fourth-order valence-electron chi connectivity index (χ4n) is 4.52. The van der Waals surface area contributed by atoms with E-state index in [1.807, 2.05) is 4.90 Å². The number of nitrogens with zero attached hydrogens (tertiary/aromatic N) is 2. The molecule has 1 unspecified atom stereocenters. The van der Waals surface area contributed by atoms with Crippen LogP contribution in [-0.2, 0) is 19.1 Å². The summed E-state index contributed by atoms with van der Waals surface area (Å²) in [5, 5.41) is 2.83. The number of hydrogen-bond acceptors (Lipinski definition) is 6. The van der Waals surface area contributed by atoms with Gasteiger partial charge in [-0.25, -0.2) is 0 Å². The number of ether oxygens (including phenoxy) is 3. The Morgan fingerprint density at radius 3 is 2.59 bits per heavy atom. The Kier molecular flexibility index (Phi) is 6.66. The molecule has 9 nitrogen and oxygen atoms in total. The maximum Gasteiger partial charge on any atom is 0.257 e. The zero-order valence-electron chi connectivity index (χ0n) is 18.7. The average molecular weight is 446 g/mol. The molecule has 32 heavy (non-hydrogen) atoms. The van der Waals surface area contributed by atoms with Gasteiger partial charge in [0.15, 0.2) is 0 Å². The van der Waals surface area contributed by atoms with Crippen molar-refractivity contribution in [2.75, 3.05) is 47.1 Å². The van der Waals surface area contributed by atoms with Crippen LogP contribution < -0.4 is 10.1 Å². The van der Waals surface area contributed by atoms with Crippen LogP contribution in [-0.4, -0.2) is 86.4 Å². The Morgan fingerprint density at radius 1 is 1.19 bits per heavy atom. The molecule has 3 fully saturated rings. The molecule has 0 radical (unpaired) electrons. The number of carbonyl (C=O) groups is 3. The van der Waals surface area contributed by atoms with Crippen molar-refractivity contribution in [2.45, 2.75) is 37.5 Å². The maximum absolute atomic E-state index is 13.7. The average Bonchev–Trinajstić information content (AvgIpc) is 3.61. The highest BCUT2D eigenvalue weighted by Crippen LogP contribution is 2.40. The predicted octanol–water partition coefficient (Wildman–Crippen LogP) is 1.03. The molecule has 0 aromatic heterocycles. The second-order valence-corrected chi connectivity index (χ2v) is 8.56. The monoisotopic (exact) mass is 445 g/mol. The second-order valence-electron chi connectivity index (χ2n) is 8.56. The minimum absolute atomic E-state index is 0.116. The number of likely N-dealkylation sites (tertiary alicyclic amines) is 1. The smallest absolute Gasteiger partial charge is 0.257 e. The van der Waals surface area contributed by atoms with Gasteiger partial charge in [-0.3, -0.25) is 19.3 Å². The standard InChI is InChI=1S/C23H31N3O6/c1-30-13-10-24-20(27)19-15-32-23(8-11-25(12-9-23)21(28)16-6-7-16)26(19)22(29)17-4-3-5-18(14-17)31-2/h3-5,14,16,19H,6-13,15H2,1-2H3,(H,24,27). The van der Waals surface area contributed by atoms with Gasteiger partial charge >= 0.3 is 0 Å². The topological polar surface area (TPSA) is 97.4 Å². The third kappa shape index (κ3) is 4.45. The molecule has 2 saturated heterocycles. The van der Waals surface area contributed by atoms with Gasteiger partial charge in [-0.2, -0.15) is 0 Å². The molecule has 1 atom stereocenters. The van der Waals surface area contributed by atoms with E-state index in [1.165, 1.54) is 0 Å². The maximum atomic E-state index is 13.7. The Bertz CT molecular complexity index is 863. The first-order valence-corrected chi connectivity index (χ1v) is 11.2. The molecule has 1 aromatic rings. The molecule has 1 spiro atoms. The van der Waals surface area contributed by atoms with E-state index < -0.39 is 11.8 Å². The van der Waals surface area contributed by atoms with E-state index in [9.17, 15) is 14.4 Å². The van der Waals surface area contributed by atoms with Crippen molar-refractivity contribution in [3.8, 4) is 5.75 Å². The van der Waals surface area contributed by atoms with Gasteiger partial charge in [0.2, 0.25) is 11.8 Å². The zero-order valence-corrected chi connectivity index (χ0v) is 18.7. The largest absolute Gasteiger partial charge is 0.497 e. The Labute approximate surface area is 188 Å². The summed E-state index contributed by atoms with van der Waals surface area (Å²) in [5.41, 5.74) is -0.482. The number of carbonyl (C=O) groups excluding carboxylic acids is 3. The van der Waals surface area contributed by atoms with E-state index in [2.05, 4.69) is 5.32 Å². The SMILES string of the molecule is COCCNC(=O)C1COC2(CCN(C(=O)C3CC3)CC2)N1C(=O)c1cccc(OC)c1. The highest BCUT2D eigenvalue weighted by molar-refractivity contribution is 5.98. The molecule has 3 aliphatic rings. The van der Waals surface area contributed by atoms with E-state index in [4.69, 9.17) is 14.2 Å². The zero-order chi connectivity index (χ0) is 22.7. The summed E-state index contributed by atoms with van der Waals surface area (Å²) in [6.07, 6.45) is 2.87. The molecule has 174 valence electrons. The van der Waals surface area contributed by atoms with Crippen LogP contribution >= 0.6 is 0 Å². The second kappa shape index (κ2) is 9.46. The van der Waals surface area contributed by atoms with Crippen LogP contribution in [0, 0.1) is 5.92 Å². The third-order valence-electron chi connectivity index (χ3n) is 6.49. The Morgan fingerprint density at radius 2 is 1.94 bits per heavy atom. The molecule has 4 rings (SSSR count). The van der Waals surface area contributed by atoms with Gasteiger partial charge in [-0.1, -0.05) is 6.07 Å². The Hall–Kier alpha value is -2.65. The number of hydrogen-bond donors (Lipinski definition) is 1. The summed E-state index contributed by atoms with van der Waals surface area (Å²) in [6.45, 7) is 1.87. The molecule has 1 aliphatic carbocycles. The van der Waals surface area contributed by atoms with Crippen molar-refractivity contribution in [3.63, 3.8) is 0 Å². The lowest BCUT2D eigenvalue weighted by molar-refractivity contribution is -0.144. The van der Waals surface area contributed by atoms with E-state index in [1.54, 1.807) is 43.4 Å². The number of rotatable bonds is 7. The van der Waals surface area contributed by atoms with Gasteiger partial charge < -0.3 is 24.4 Å². The van der Waals surface area contributed by atoms with E-state index in [-0.39, 0.29) is 30.2 Å². The van der Waals surface area contributed by atoms with Crippen LogP contribution in [0.5, 0.6) is 5.75 Å². The number of benzene rings is 1. The van der Waals surface area contributed by atoms with Gasteiger partial charge in [0, 0.05) is 51.1 Å². The summed E-state index contributed by atoms with van der Waals surface area (Å²) in [7, 11) is 3.11. The van der Waals surface area contributed by atoms with Crippen LogP contribution in [0.3, 0.4) is 0 Å². The summed E-state index contributed by atoms with van der Waals surface area (Å²) in [6, 6.07) is 6.14. The van der Waals surface area contributed by atoms with E-state index in [0.717, 1.165) is 12.8 Å². The summed E-state index contributed by atoms with van der Waals surface area (Å²) in [4.78, 5) is 42.6. The minimum Gasteiger partial charge on any atom is -0.497 e. The highest BCUT2D eigenvalue weighted by Gasteiger charge is 2.54. The molecule has 2 heterocycles. The van der Waals surface area contributed by atoms with Crippen LogP contribution in [0.25, 0.3) is 0 Å². The molecule has 1 saturated carbocycles. The molecule has 3 amide bonds. The van der Waals surface area contributed by atoms with Crippen LogP contribution in [0.15, 0.2) is 24.3 Å². The van der Waals surface area contributed by atoms with Crippen LogP contribution in [0.2, 0.25) is 0 Å². The summed E-state index contributed by atoms with van der Waals surface area (Å²) >= 11 is 0. The first-order valence-electron chi connectivity index (χ1n) is 11.2. The highest BCUT2D eigenvalue weighted by atomic mass is 16.5. The number of methoxy groups -OCH3 is 2. The minimum atomic E-state index is -0.913. The van der Waals surface area contributed by atoms with Crippen molar-refractivity contribution in [1.82, 2.24) is 15.1 Å². The first-order chi connectivity index (χ1) is 15.5. The third-order valence-corrected chi connectivity index (χ3v) is 6.49. The lowest BCUT2D eigenvalue weighted by Gasteiger charge is -2.44. The van der Waals surface area contributed by atoms with E-state index in [0.29, 0.717) is 50.4 Å². The molecular formula is C23H31N3O6. The van der Waals surface area contributed by atoms with Gasteiger partial charge in [-0.15, -0.1) is 0 Å². The quantitative estimate of drug-likeness (QED) is 0.630. The van der Waals surface area contributed by atoms with Crippen molar-refractivity contribution < 1.29 is 28.6 Å². The number of amides is 3. The van der Waals surface area contributed by atoms with Crippen molar-refractivity contribution in [3.05, 3.63) is 29.8 Å². The van der Waals surface area contributed by atoms with Crippen LogP contribution in [0.1, 0.15) is 36.0 Å². The normalized spacial score (nSPS) is 22.1. The van der Waals surface area contributed by atoms with Gasteiger partial charge in [0.25, 0.3) is 5.91 Å². The molecule has 0 bridgehead atoms. The predicted molar refractivity (Wildman–Crippen MR) is 115 cm³/mol. The van der Waals surface area contributed by atoms with Gasteiger partial charge in [0.1, 0.15) is 17.5 Å². The van der Waals surface area contributed by atoms with Gasteiger partial charge in [-0.05, 0) is 31.0 Å². The Balaban J connectivity index is 1.56. The lowest BCUT2D eigenvalue weighted by Crippen LogP contribution is -2.60. The summed E-state index contributed by atoms with van der Waals surface area (Å²) < 4.78 is 16.5. The summed E-state index contributed by atoms with van der Waals surface area (Å²) in [5.74, 6) is 0.359. The lowest BCUT2D eigenvalue weighted by atomic mass is 9.96. The van der Waals surface area contributed by atoms with Crippen molar-refractivity contribution in [2.24, 2.45) is 5.92 Å². The van der Waals surface area contributed by atoms with Crippen molar-refractivity contribution in [1.29, 1.82) is 0 Å². The molecule has 9 heteroatoms. The van der Waals surface area contributed by atoms with Gasteiger partial charge in [0.05, 0.1) is 20.3 Å². The molecule has 1 N–H and O–H groups in total. The van der Waals surface area contributed by atoms with Crippen LogP contribution in [0.4, 0.5) is 0 Å². The number of piperidine rings is 1. The van der Waals surface area contributed by atoms with E-state index >= 15 is 0 Å². The fourth-order valence-corrected chi connectivity index (χ4v) is 4.52. The molecular weight excluding hydrogens is 414 g/mol. The number of nitrogens with one attached hydrogen (secondary N) is 1.